The molecule has 0 unspecified atom stereocenters. The summed E-state index contributed by atoms with van der Waals surface area (Å²) < 4.78 is 0. The average molecular weight is 335 g/mol. The van der Waals surface area contributed by atoms with Gasteiger partial charge in [-0.1, -0.05) is 19.4 Å². The third-order valence-corrected chi connectivity index (χ3v) is 10.0. The predicted molar refractivity (Wildman–Crippen MR) is 95.2 cm³/mol. The standard InChI is InChI=1S/C23H29NO/c1-21-5-3-13(25)9-19(21)23(7-8-23)11-16-17(21)4-6-22(2)18(12-24)14-10-15(14)20(16)22/h9,14-18,20H,3-8,10-11H2,1-2H3/t14-,15+,16-,17+,18+,20+,21-,22-/m1/s1. The lowest BCUT2D eigenvalue weighted by Gasteiger charge is -2.60. The number of carbonyl (C=O) groups excluding carboxylic acids is 1. The highest BCUT2D eigenvalue weighted by Crippen LogP contribution is 2.79. The molecule has 6 aliphatic rings. The van der Waals surface area contributed by atoms with E-state index in [4.69, 9.17) is 0 Å². The van der Waals surface area contributed by atoms with Crippen LogP contribution in [0.25, 0.3) is 0 Å². The molecule has 0 aromatic carbocycles. The highest BCUT2D eigenvalue weighted by molar-refractivity contribution is 5.92. The number of carbonyl (C=O) groups is 1. The van der Waals surface area contributed by atoms with Gasteiger partial charge in [-0.05, 0) is 96.9 Å². The summed E-state index contributed by atoms with van der Waals surface area (Å²) >= 11 is 0. The van der Waals surface area contributed by atoms with Crippen molar-refractivity contribution in [1.29, 1.82) is 5.26 Å². The van der Waals surface area contributed by atoms with Crippen molar-refractivity contribution < 1.29 is 4.79 Å². The smallest absolute Gasteiger partial charge is 0.155 e. The van der Waals surface area contributed by atoms with E-state index in [1.165, 1.54) is 38.5 Å². The molecule has 5 fully saturated rings. The molecule has 0 bridgehead atoms. The fraction of sp³-hybridized carbons (Fsp3) is 0.826. The Morgan fingerprint density at radius 2 is 1.92 bits per heavy atom. The molecule has 0 N–H and O–H groups in total. The highest BCUT2D eigenvalue weighted by atomic mass is 16.1. The van der Waals surface area contributed by atoms with Crippen LogP contribution in [0.15, 0.2) is 11.6 Å². The van der Waals surface area contributed by atoms with Crippen LogP contribution in [0.5, 0.6) is 0 Å². The van der Waals surface area contributed by atoms with E-state index >= 15 is 0 Å². The molecule has 0 aromatic rings. The molecule has 0 amide bonds. The second-order valence-corrected chi connectivity index (χ2v) is 10.9. The molecule has 132 valence electrons. The molecule has 6 aliphatic carbocycles. The second-order valence-electron chi connectivity index (χ2n) is 10.9. The van der Waals surface area contributed by atoms with Crippen LogP contribution < -0.4 is 0 Å². The summed E-state index contributed by atoms with van der Waals surface area (Å²) in [6.45, 7) is 4.97. The summed E-state index contributed by atoms with van der Waals surface area (Å²) in [4.78, 5) is 12.2. The molecule has 25 heavy (non-hydrogen) atoms. The molecule has 2 heteroatoms. The Morgan fingerprint density at radius 3 is 2.64 bits per heavy atom. The molecule has 0 radical (unpaired) electrons. The molecular weight excluding hydrogens is 306 g/mol. The fourth-order valence-electron chi connectivity index (χ4n) is 8.83. The van der Waals surface area contributed by atoms with Crippen LogP contribution in [0.3, 0.4) is 0 Å². The molecule has 5 saturated carbocycles. The van der Waals surface area contributed by atoms with Crippen molar-refractivity contribution in [1.82, 2.24) is 0 Å². The Labute approximate surface area is 151 Å². The first-order valence-corrected chi connectivity index (χ1v) is 10.6. The van der Waals surface area contributed by atoms with Crippen molar-refractivity contribution in [3.63, 3.8) is 0 Å². The minimum absolute atomic E-state index is 0.268. The van der Waals surface area contributed by atoms with Crippen LogP contribution in [0, 0.1) is 63.1 Å². The van der Waals surface area contributed by atoms with Crippen molar-refractivity contribution in [3.8, 4) is 6.07 Å². The summed E-state index contributed by atoms with van der Waals surface area (Å²) in [6.07, 6.45) is 11.7. The first-order valence-electron chi connectivity index (χ1n) is 10.6. The number of hydrogen-bond donors (Lipinski definition) is 0. The van der Waals surface area contributed by atoms with Crippen LogP contribution >= 0.6 is 0 Å². The maximum atomic E-state index is 12.2. The summed E-state index contributed by atoms with van der Waals surface area (Å²) in [5.74, 6) is 4.61. The number of hydrogen-bond acceptors (Lipinski definition) is 2. The first-order chi connectivity index (χ1) is 11.9. The zero-order valence-corrected chi connectivity index (χ0v) is 15.6. The zero-order valence-electron chi connectivity index (χ0n) is 15.6. The quantitative estimate of drug-likeness (QED) is 0.631. The lowest BCUT2D eigenvalue weighted by Crippen LogP contribution is -2.54. The lowest BCUT2D eigenvalue weighted by atomic mass is 9.43. The lowest BCUT2D eigenvalue weighted by molar-refractivity contribution is -0.118. The topological polar surface area (TPSA) is 40.9 Å². The SMILES string of the molecule is C[C@]12CC[C@H]3[C@@H](CC4(CC4)C4=CC(=O)CC[C@@]43C)[C@@H]1[C@H]1C[C@H]1[C@@H]2C#N. The largest absolute Gasteiger partial charge is 0.295 e. The number of nitriles is 1. The van der Waals surface area contributed by atoms with Gasteiger partial charge in [-0.3, -0.25) is 4.79 Å². The maximum absolute atomic E-state index is 12.2. The van der Waals surface area contributed by atoms with Crippen molar-refractivity contribution in [2.45, 2.75) is 65.2 Å². The normalized spacial score (nSPS) is 56.8. The first kappa shape index (κ1) is 15.0. The van der Waals surface area contributed by atoms with E-state index < -0.39 is 0 Å². The van der Waals surface area contributed by atoms with Crippen LogP contribution in [-0.4, -0.2) is 5.78 Å². The summed E-state index contributed by atoms with van der Waals surface area (Å²) in [5.41, 5.74) is 2.48. The number of fused-ring (bicyclic) bond motifs is 8. The van der Waals surface area contributed by atoms with Gasteiger partial charge in [0.15, 0.2) is 5.78 Å². The number of allylic oxidation sites excluding steroid dienone is 1. The number of rotatable bonds is 0. The molecule has 1 spiro atoms. The molecule has 2 nitrogen and oxygen atoms in total. The Hall–Kier alpha value is -1.10. The van der Waals surface area contributed by atoms with Gasteiger partial charge < -0.3 is 0 Å². The second kappa shape index (κ2) is 4.24. The molecule has 0 aliphatic heterocycles. The van der Waals surface area contributed by atoms with Gasteiger partial charge in [0, 0.05) is 6.42 Å². The van der Waals surface area contributed by atoms with Crippen LogP contribution in [0.2, 0.25) is 0 Å². The Balaban J connectivity index is 1.46. The van der Waals surface area contributed by atoms with Gasteiger partial charge in [0.25, 0.3) is 0 Å². The number of ketones is 1. The Kier molecular flexibility index (Phi) is 2.54. The average Bonchev–Trinajstić information content (AvgIpc) is 3.48. The minimum Gasteiger partial charge on any atom is -0.295 e. The van der Waals surface area contributed by atoms with Crippen LogP contribution in [0.1, 0.15) is 65.2 Å². The number of nitrogens with zero attached hydrogens (tertiary/aromatic N) is 1. The van der Waals surface area contributed by atoms with Crippen LogP contribution in [-0.2, 0) is 4.79 Å². The van der Waals surface area contributed by atoms with Crippen molar-refractivity contribution >= 4 is 5.78 Å². The Bertz CT molecular complexity index is 755. The minimum atomic E-state index is 0.268. The van der Waals surface area contributed by atoms with Gasteiger partial charge in [-0.25, -0.2) is 0 Å². The van der Waals surface area contributed by atoms with E-state index in [0.29, 0.717) is 23.0 Å². The van der Waals surface area contributed by atoms with E-state index in [2.05, 4.69) is 26.0 Å². The van der Waals surface area contributed by atoms with Crippen molar-refractivity contribution in [3.05, 3.63) is 11.6 Å². The summed E-state index contributed by atoms with van der Waals surface area (Å²) in [6, 6.07) is 2.74. The van der Waals surface area contributed by atoms with Gasteiger partial charge >= 0.3 is 0 Å². The monoisotopic (exact) mass is 335 g/mol. The van der Waals surface area contributed by atoms with E-state index in [9.17, 15) is 10.1 Å². The maximum Gasteiger partial charge on any atom is 0.155 e. The third-order valence-electron chi connectivity index (χ3n) is 10.0. The highest BCUT2D eigenvalue weighted by Gasteiger charge is 2.73. The van der Waals surface area contributed by atoms with Gasteiger partial charge in [0.1, 0.15) is 0 Å². The molecule has 0 saturated heterocycles. The predicted octanol–water partition coefficient (Wildman–Crippen LogP) is 4.90. The molecular formula is C23H29NO. The van der Waals surface area contributed by atoms with E-state index in [1.807, 2.05) is 0 Å². The van der Waals surface area contributed by atoms with E-state index in [0.717, 1.165) is 36.5 Å². The van der Waals surface area contributed by atoms with Gasteiger partial charge in [-0.15, -0.1) is 0 Å². The zero-order chi connectivity index (χ0) is 17.2. The van der Waals surface area contributed by atoms with Gasteiger partial charge in [0.05, 0.1) is 12.0 Å². The van der Waals surface area contributed by atoms with E-state index in [-0.39, 0.29) is 10.8 Å². The fourth-order valence-corrected chi connectivity index (χ4v) is 8.83. The van der Waals surface area contributed by atoms with Crippen molar-refractivity contribution in [2.75, 3.05) is 0 Å². The molecule has 6 rings (SSSR count). The van der Waals surface area contributed by atoms with Crippen molar-refractivity contribution in [2.24, 2.45) is 51.8 Å². The van der Waals surface area contributed by atoms with Gasteiger partial charge in [-0.2, -0.15) is 5.26 Å². The molecule has 8 atom stereocenters. The third kappa shape index (κ3) is 1.61. The van der Waals surface area contributed by atoms with Gasteiger partial charge in [0.2, 0.25) is 0 Å². The Morgan fingerprint density at radius 1 is 1.12 bits per heavy atom. The van der Waals surface area contributed by atoms with E-state index in [1.54, 1.807) is 5.57 Å². The summed E-state index contributed by atoms with van der Waals surface area (Å²) in [5, 5.41) is 9.85. The van der Waals surface area contributed by atoms with Crippen LogP contribution in [0.4, 0.5) is 0 Å². The molecule has 0 heterocycles. The molecule has 0 aromatic heterocycles. The summed E-state index contributed by atoms with van der Waals surface area (Å²) in [7, 11) is 0.